The number of anilines is 1. The van der Waals surface area contributed by atoms with E-state index in [-0.39, 0.29) is 5.91 Å². The highest BCUT2D eigenvalue weighted by Gasteiger charge is 2.20. The molecule has 0 fully saturated rings. The van der Waals surface area contributed by atoms with Gasteiger partial charge in [-0.15, -0.1) is 10.2 Å². The first-order valence-corrected chi connectivity index (χ1v) is 10.1. The van der Waals surface area contributed by atoms with Crippen molar-refractivity contribution in [1.29, 1.82) is 0 Å². The third kappa shape index (κ3) is 3.27. The van der Waals surface area contributed by atoms with Gasteiger partial charge < -0.3 is 5.32 Å². The van der Waals surface area contributed by atoms with Crippen molar-refractivity contribution in [2.24, 2.45) is 0 Å². The summed E-state index contributed by atoms with van der Waals surface area (Å²) in [5, 5.41) is 12.5. The number of amides is 1. The SMILES string of the molecule is CC(Sc1nnc2sc3ccccc3n12)C(=O)Nc1cc(Cl)ccc1Cl. The first kappa shape index (κ1) is 17.6. The fourth-order valence-corrected chi connectivity index (χ4v) is 4.69. The third-order valence-electron chi connectivity index (χ3n) is 3.75. The molecule has 26 heavy (non-hydrogen) atoms. The number of hydrogen-bond acceptors (Lipinski definition) is 5. The third-order valence-corrected chi connectivity index (χ3v) is 6.37. The standard InChI is InChI=1S/C17H12Cl2N4OS2/c1-9(15(24)20-12-8-10(18)6-7-11(12)19)25-16-21-22-17-23(16)13-4-2-3-5-14(13)26-17/h2-9H,1H3,(H,20,24). The quantitative estimate of drug-likeness (QED) is 0.449. The van der Waals surface area contributed by atoms with Crippen LogP contribution in [0.25, 0.3) is 15.2 Å². The first-order chi connectivity index (χ1) is 12.5. The van der Waals surface area contributed by atoms with E-state index in [1.807, 2.05) is 35.6 Å². The van der Waals surface area contributed by atoms with E-state index in [0.717, 1.165) is 15.2 Å². The zero-order valence-corrected chi connectivity index (χ0v) is 16.6. The molecular formula is C17H12Cl2N4OS2. The van der Waals surface area contributed by atoms with Crippen LogP contribution < -0.4 is 5.32 Å². The van der Waals surface area contributed by atoms with Crippen LogP contribution in [0, 0.1) is 0 Å². The van der Waals surface area contributed by atoms with E-state index in [1.54, 1.807) is 29.5 Å². The predicted molar refractivity (Wildman–Crippen MR) is 109 cm³/mol. The van der Waals surface area contributed by atoms with Gasteiger partial charge in [-0.05, 0) is 37.3 Å². The fourth-order valence-electron chi connectivity index (χ4n) is 2.47. The monoisotopic (exact) mass is 422 g/mol. The molecule has 1 amide bonds. The second kappa shape index (κ2) is 7.08. The summed E-state index contributed by atoms with van der Waals surface area (Å²) in [5.41, 5.74) is 1.52. The van der Waals surface area contributed by atoms with Gasteiger partial charge in [0.05, 0.1) is 26.2 Å². The van der Waals surface area contributed by atoms with Gasteiger partial charge in [-0.3, -0.25) is 9.20 Å². The smallest absolute Gasteiger partial charge is 0.237 e. The molecule has 0 radical (unpaired) electrons. The number of rotatable bonds is 4. The van der Waals surface area contributed by atoms with E-state index in [4.69, 9.17) is 23.2 Å². The molecule has 9 heteroatoms. The number of thioether (sulfide) groups is 1. The van der Waals surface area contributed by atoms with Crippen molar-refractivity contribution in [2.45, 2.75) is 17.3 Å². The summed E-state index contributed by atoms with van der Waals surface area (Å²) in [7, 11) is 0. The van der Waals surface area contributed by atoms with E-state index >= 15 is 0 Å². The Morgan fingerprint density at radius 3 is 2.88 bits per heavy atom. The summed E-state index contributed by atoms with van der Waals surface area (Å²) < 4.78 is 3.10. The molecule has 0 spiro atoms. The van der Waals surface area contributed by atoms with Crippen LogP contribution in [0.5, 0.6) is 0 Å². The Morgan fingerprint density at radius 2 is 2.04 bits per heavy atom. The number of fused-ring (bicyclic) bond motifs is 3. The van der Waals surface area contributed by atoms with Gasteiger partial charge in [0.15, 0.2) is 5.16 Å². The molecule has 4 aromatic rings. The molecule has 0 bridgehead atoms. The van der Waals surface area contributed by atoms with Gasteiger partial charge in [-0.1, -0.05) is 58.4 Å². The Morgan fingerprint density at radius 1 is 1.23 bits per heavy atom. The summed E-state index contributed by atoms with van der Waals surface area (Å²) >= 11 is 15.0. The first-order valence-electron chi connectivity index (χ1n) is 7.68. The lowest BCUT2D eigenvalue weighted by Gasteiger charge is -2.12. The molecule has 0 aliphatic rings. The summed E-state index contributed by atoms with van der Waals surface area (Å²) in [4.78, 5) is 13.4. The lowest BCUT2D eigenvalue weighted by molar-refractivity contribution is -0.115. The lowest BCUT2D eigenvalue weighted by Crippen LogP contribution is -2.22. The van der Waals surface area contributed by atoms with Gasteiger partial charge in [0.1, 0.15) is 0 Å². The molecule has 0 aliphatic carbocycles. The van der Waals surface area contributed by atoms with Gasteiger partial charge in [0.25, 0.3) is 0 Å². The Balaban J connectivity index is 1.58. The van der Waals surface area contributed by atoms with Crippen molar-refractivity contribution in [3.63, 3.8) is 0 Å². The highest BCUT2D eigenvalue weighted by molar-refractivity contribution is 8.00. The summed E-state index contributed by atoms with van der Waals surface area (Å²) in [6.07, 6.45) is 0. The largest absolute Gasteiger partial charge is 0.324 e. The maximum atomic E-state index is 12.6. The van der Waals surface area contributed by atoms with Gasteiger partial charge in [0.2, 0.25) is 10.9 Å². The minimum absolute atomic E-state index is 0.185. The van der Waals surface area contributed by atoms with Crippen molar-refractivity contribution in [3.8, 4) is 0 Å². The van der Waals surface area contributed by atoms with E-state index in [9.17, 15) is 4.79 Å². The van der Waals surface area contributed by atoms with Crippen molar-refractivity contribution in [1.82, 2.24) is 14.6 Å². The van der Waals surface area contributed by atoms with Crippen LogP contribution >= 0.6 is 46.3 Å². The Labute approximate surface area is 167 Å². The number of carbonyl (C=O) groups excluding carboxylic acids is 1. The molecule has 1 unspecified atom stereocenters. The molecule has 1 N–H and O–H groups in total. The van der Waals surface area contributed by atoms with Gasteiger partial charge in [-0.2, -0.15) is 0 Å². The second-order valence-electron chi connectivity index (χ2n) is 5.54. The van der Waals surface area contributed by atoms with E-state index in [1.165, 1.54) is 11.8 Å². The number of nitrogens with zero attached hydrogens (tertiary/aromatic N) is 3. The van der Waals surface area contributed by atoms with Crippen molar-refractivity contribution < 1.29 is 4.79 Å². The topological polar surface area (TPSA) is 59.3 Å². The zero-order chi connectivity index (χ0) is 18.3. The van der Waals surface area contributed by atoms with Crippen LogP contribution in [0.15, 0.2) is 47.6 Å². The predicted octanol–water partition coefficient (Wildman–Crippen LogP) is 5.37. The Hall–Kier alpha value is -1.80. The molecule has 0 saturated heterocycles. The normalized spacial score (nSPS) is 12.6. The van der Waals surface area contributed by atoms with Crippen LogP contribution in [0.4, 0.5) is 5.69 Å². The average molecular weight is 423 g/mol. The van der Waals surface area contributed by atoms with Crippen LogP contribution in [-0.2, 0) is 4.79 Å². The van der Waals surface area contributed by atoms with Crippen LogP contribution in [0.2, 0.25) is 10.0 Å². The second-order valence-corrected chi connectivity index (χ2v) is 8.70. The van der Waals surface area contributed by atoms with Crippen LogP contribution in [-0.4, -0.2) is 25.8 Å². The number of hydrogen-bond donors (Lipinski definition) is 1. The zero-order valence-electron chi connectivity index (χ0n) is 13.4. The minimum Gasteiger partial charge on any atom is -0.324 e. The van der Waals surface area contributed by atoms with E-state index in [0.29, 0.717) is 20.9 Å². The number of para-hydroxylation sites is 1. The molecule has 2 aromatic carbocycles. The van der Waals surface area contributed by atoms with Crippen molar-refractivity contribution >= 4 is 73.1 Å². The van der Waals surface area contributed by atoms with E-state index < -0.39 is 5.25 Å². The molecule has 0 saturated carbocycles. The minimum atomic E-state index is -0.392. The number of thiazole rings is 1. The summed E-state index contributed by atoms with van der Waals surface area (Å²) in [6.45, 7) is 1.81. The molecular weight excluding hydrogens is 411 g/mol. The van der Waals surface area contributed by atoms with Crippen LogP contribution in [0.3, 0.4) is 0 Å². The summed E-state index contributed by atoms with van der Waals surface area (Å²) in [5.74, 6) is -0.185. The van der Waals surface area contributed by atoms with Gasteiger partial charge >= 0.3 is 0 Å². The molecule has 1 atom stereocenters. The Bertz CT molecular complexity index is 1120. The number of aromatic nitrogens is 3. The number of carbonyl (C=O) groups is 1. The van der Waals surface area contributed by atoms with Crippen molar-refractivity contribution in [2.75, 3.05) is 5.32 Å². The lowest BCUT2D eigenvalue weighted by atomic mass is 10.3. The van der Waals surface area contributed by atoms with Crippen LogP contribution in [0.1, 0.15) is 6.92 Å². The number of nitrogens with one attached hydrogen (secondary N) is 1. The maximum absolute atomic E-state index is 12.6. The summed E-state index contributed by atoms with van der Waals surface area (Å²) in [6, 6.07) is 13.0. The molecule has 0 aliphatic heterocycles. The highest BCUT2D eigenvalue weighted by atomic mass is 35.5. The molecule has 5 nitrogen and oxygen atoms in total. The fraction of sp³-hybridized carbons (Fsp3) is 0.118. The number of halogens is 2. The average Bonchev–Trinajstić information content (AvgIpc) is 3.18. The molecule has 2 heterocycles. The highest BCUT2D eigenvalue weighted by Crippen LogP contribution is 2.32. The molecule has 4 rings (SSSR count). The van der Waals surface area contributed by atoms with Gasteiger partial charge in [-0.25, -0.2) is 0 Å². The van der Waals surface area contributed by atoms with E-state index in [2.05, 4.69) is 15.5 Å². The van der Waals surface area contributed by atoms with Gasteiger partial charge in [0, 0.05) is 5.02 Å². The maximum Gasteiger partial charge on any atom is 0.237 e. The van der Waals surface area contributed by atoms with Crippen molar-refractivity contribution in [3.05, 3.63) is 52.5 Å². The molecule has 2 aromatic heterocycles. The Kier molecular flexibility index (Phi) is 4.79. The number of benzene rings is 2. The molecule has 132 valence electrons.